The van der Waals surface area contributed by atoms with E-state index in [0.717, 1.165) is 29.3 Å². The van der Waals surface area contributed by atoms with Crippen LogP contribution in [0.3, 0.4) is 0 Å². The van der Waals surface area contributed by atoms with Crippen molar-refractivity contribution >= 4 is 40.4 Å². The number of amides is 2. The summed E-state index contributed by atoms with van der Waals surface area (Å²) < 4.78 is 0. The van der Waals surface area contributed by atoms with E-state index < -0.39 is 0 Å². The number of thioether (sulfide) groups is 1. The van der Waals surface area contributed by atoms with Gasteiger partial charge in [0.2, 0.25) is 0 Å². The molecule has 4 rings (SSSR count). The van der Waals surface area contributed by atoms with Crippen molar-refractivity contribution in [3.63, 3.8) is 0 Å². The second-order valence-electron chi connectivity index (χ2n) is 8.60. The molecule has 0 saturated carbocycles. The van der Waals surface area contributed by atoms with Crippen molar-refractivity contribution in [3.8, 4) is 0 Å². The van der Waals surface area contributed by atoms with Crippen molar-refractivity contribution in [2.24, 2.45) is 0 Å². The SMILES string of the molecule is Cc1cc2c(cc1/C=C1\SC(=O)N(c3ccccc3)C1=O)[C@@H](C)CC(C)(C)N2C. The van der Waals surface area contributed by atoms with Crippen LogP contribution in [-0.2, 0) is 4.79 Å². The highest BCUT2D eigenvalue weighted by Gasteiger charge is 2.37. The molecule has 2 aromatic rings. The van der Waals surface area contributed by atoms with Crippen molar-refractivity contribution in [1.29, 1.82) is 0 Å². The summed E-state index contributed by atoms with van der Waals surface area (Å²) in [5, 5.41) is -0.252. The summed E-state index contributed by atoms with van der Waals surface area (Å²) in [5.74, 6) is 0.179. The van der Waals surface area contributed by atoms with Gasteiger partial charge in [0.25, 0.3) is 11.1 Å². The molecule has 150 valence electrons. The predicted octanol–water partition coefficient (Wildman–Crippen LogP) is 5.96. The molecule has 2 aliphatic rings. The molecule has 2 heterocycles. The van der Waals surface area contributed by atoms with Crippen LogP contribution in [0, 0.1) is 6.92 Å². The first-order chi connectivity index (χ1) is 13.7. The fourth-order valence-electron chi connectivity index (χ4n) is 4.30. The Labute approximate surface area is 176 Å². The summed E-state index contributed by atoms with van der Waals surface area (Å²) in [5.41, 5.74) is 5.37. The minimum Gasteiger partial charge on any atom is -0.369 e. The van der Waals surface area contributed by atoms with Gasteiger partial charge in [-0.25, -0.2) is 4.90 Å². The number of imide groups is 1. The average Bonchev–Trinajstić information content (AvgIpc) is 2.95. The maximum Gasteiger partial charge on any atom is 0.298 e. The molecule has 4 nitrogen and oxygen atoms in total. The maximum atomic E-state index is 12.9. The largest absolute Gasteiger partial charge is 0.369 e. The van der Waals surface area contributed by atoms with E-state index in [0.29, 0.717) is 16.5 Å². The lowest BCUT2D eigenvalue weighted by Crippen LogP contribution is -2.45. The molecule has 2 aromatic carbocycles. The maximum absolute atomic E-state index is 12.9. The number of anilines is 2. The molecule has 2 amide bonds. The van der Waals surface area contributed by atoms with Gasteiger partial charge in [0.15, 0.2) is 0 Å². The number of nitrogens with zero attached hydrogens (tertiary/aromatic N) is 2. The Morgan fingerprint density at radius 2 is 1.83 bits per heavy atom. The van der Waals surface area contributed by atoms with E-state index >= 15 is 0 Å². The normalized spacial score (nSPS) is 22.4. The molecule has 0 bridgehead atoms. The molecular formula is C24H26N2O2S. The summed E-state index contributed by atoms with van der Waals surface area (Å²) in [6.45, 7) is 8.87. The van der Waals surface area contributed by atoms with Gasteiger partial charge >= 0.3 is 0 Å². The Kier molecular flexibility index (Phi) is 4.82. The van der Waals surface area contributed by atoms with Crippen LogP contribution in [-0.4, -0.2) is 23.7 Å². The molecule has 0 unspecified atom stereocenters. The number of aryl methyl sites for hydroxylation is 1. The van der Waals surface area contributed by atoms with Crippen LogP contribution in [0.15, 0.2) is 47.4 Å². The number of hydrogen-bond donors (Lipinski definition) is 0. The average molecular weight is 407 g/mol. The molecule has 29 heavy (non-hydrogen) atoms. The molecule has 0 N–H and O–H groups in total. The van der Waals surface area contributed by atoms with E-state index in [1.165, 1.54) is 16.2 Å². The predicted molar refractivity (Wildman–Crippen MR) is 122 cm³/mol. The first-order valence-corrected chi connectivity index (χ1v) is 10.7. The second kappa shape index (κ2) is 7.06. The smallest absolute Gasteiger partial charge is 0.298 e. The monoisotopic (exact) mass is 406 g/mol. The summed E-state index contributed by atoms with van der Waals surface area (Å²) in [6.07, 6.45) is 2.94. The highest BCUT2D eigenvalue weighted by molar-refractivity contribution is 8.19. The number of carbonyl (C=O) groups is 2. The Balaban J connectivity index is 1.72. The standard InChI is InChI=1S/C24H26N2O2S/c1-15-11-20-19(16(2)14-24(3,4)25(20)5)12-17(15)13-21-22(27)26(23(28)29-21)18-9-7-6-8-10-18/h6-13,16H,14H2,1-5H3/b21-13-/t16-/m0/s1. The van der Waals surface area contributed by atoms with E-state index in [1.807, 2.05) is 24.3 Å². The Bertz CT molecular complexity index is 1030. The Morgan fingerprint density at radius 3 is 2.52 bits per heavy atom. The molecule has 0 spiro atoms. The minimum atomic E-state index is -0.255. The molecule has 1 saturated heterocycles. The van der Waals surface area contributed by atoms with Gasteiger partial charge in [-0.15, -0.1) is 0 Å². The van der Waals surface area contributed by atoms with Crippen LogP contribution in [0.2, 0.25) is 0 Å². The van der Waals surface area contributed by atoms with Crippen LogP contribution < -0.4 is 9.80 Å². The summed E-state index contributed by atoms with van der Waals surface area (Å²) >= 11 is 1.01. The number of para-hydroxylation sites is 1. The lowest BCUT2D eigenvalue weighted by Gasteiger charge is -2.45. The number of rotatable bonds is 2. The quantitative estimate of drug-likeness (QED) is 0.577. The zero-order chi connectivity index (χ0) is 20.9. The zero-order valence-corrected chi connectivity index (χ0v) is 18.3. The van der Waals surface area contributed by atoms with Crippen LogP contribution in [0.5, 0.6) is 0 Å². The fraction of sp³-hybridized carbons (Fsp3) is 0.333. The van der Waals surface area contributed by atoms with Crippen molar-refractivity contribution in [2.75, 3.05) is 16.8 Å². The van der Waals surface area contributed by atoms with Crippen molar-refractivity contribution in [2.45, 2.75) is 45.6 Å². The van der Waals surface area contributed by atoms with Gasteiger partial charge in [0.1, 0.15) is 0 Å². The van der Waals surface area contributed by atoms with Gasteiger partial charge in [-0.3, -0.25) is 9.59 Å². The number of carbonyl (C=O) groups excluding carboxylic acids is 2. The number of hydrogen-bond acceptors (Lipinski definition) is 4. The van der Waals surface area contributed by atoms with Crippen molar-refractivity contribution in [3.05, 3.63) is 64.1 Å². The van der Waals surface area contributed by atoms with Gasteiger partial charge in [0, 0.05) is 18.3 Å². The van der Waals surface area contributed by atoms with Gasteiger partial charge in [-0.1, -0.05) is 25.1 Å². The van der Waals surface area contributed by atoms with E-state index in [-0.39, 0.29) is 16.7 Å². The van der Waals surface area contributed by atoms with Crippen LogP contribution in [0.1, 0.15) is 49.8 Å². The second-order valence-corrected chi connectivity index (χ2v) is 9.59. The molecule has 2 aliphatic heterocycles. The number of fused-ring (bicyclic) bond motifs is 1. The Morgan fingerprint density at radius 1 is 1.14 bits per heavy atom. The third-order valence-electron chi connectivity index (χ3n) is 6.12. The molecule has 0 radical (unpaired) electrons. The van der Waals surface area contributed by atoms with Crippen LogP contribution in [0.4, 0.5) is 16.2 Å². The van der Waals surface area contributed by atoms with Gasteiger partial charge in [-0.05, 0) is 91.9 Å². The lowest BCUT2D eigenvalue weighted by atomic mass is 9.79. The van der Waals surface area contributed by atoms with Crippen LogP contribution in [0.25, 0.3) is 6.08 Å². The topological polar surface area (TPSA) is 40.6 Å². The van der Waals surface area contributed by atoms with E-state index in [1.54, 1.807) is 12.1 Å². The van der Waals surface area contributed by atoms with Gasteiger partial charge in [0.05, 0.1) is 10.6 Å². The highest BCUT2D eigenvalue weighted by Crippen LogP contribution is 2.44. The summed E-state index contributed by atoms with van der Waals surface area (Å²) in [7, 11) is 2.15. The van der Waals surface area contributed by atoms with E-state index in [9.17, 15) is 9.59 Å². The van der Waals surface area contributed by atoms with E-state index in [2.05, 4.69) is 51.8 Å². The zero-order valence-electron chi connectivity index (χ0n) is 17.5. The third kappa shape index (κ3) is 3.38. The van der Waals surface area contributed by atoms with Gasteiger partial charge in [-0.2, -0.15) is 0 Å². The molecular weight excluding hydrogens is 380 g/mol. The lowest BCUT2D eigenvalue weighted by molar-refractivity contribution is -0.113. The van der Waals surface area contributed by atoms with Crippen molar-refractivity contribution < 1.29 is 9.59 Å². The molecule has 0 aromatic heterocycles. The first kappa shape index (κ1) is 19.8. The van der Waals surface area contributed by atoms with Gasteiger partial charge < -0.3 is 4.90 Å². The summed E-state index contributed by atoms with van der Waals surface area (Å²) in [4.78, 5) is 29.5. The summed E-state index contributed by atoms with van der Waals surface area (Å²) in [6, 6.07) is 13.5. The van der Waals surface area contributed by atoms with Crippen LogP contribution >= 0.6 is 11.8 Å². The number of benzene rings is 2. The highest BCUT2D eigenvalue weighted by atomic mass is 32.2. The van der Waals surface area contributed by atoms with E-state index in [4.69, 9.17) is 0 Å². The third-order valence-corrected chi connectivity index (χ3v) is 6.99. The van der Waals surface area contributed by atoms with Crippen molar-refractivity contribution in [1.82, 2.24) is 0 Å². The molecule has 1 fully saturated rings. The first-order valence-electron chi connectivity index (χ1n) is 9.90. The minimum absolute atomic E-state index is 0.110. The molecule has 0 aliphatic carbocycles. The molecule has 5 heteroatoms. The Hall–Kier alpha value is -2.53. The fourth-order valence-corrected chi connectivity index (χ4v) is 5.13. The molecule has 1 atom stereocenters.